The Hall–Kier alpha value is -4.38. The molecule has 1 aromatic heterocycles. The van der Waals surface area contributed by atoms with E-state index in [2.05, 4.69) is 10.2 Å². The lowest BCUT2D eigenvalue weighted by Crippen LogP contribution is -2.28. The van der Waals surface area contributed by atoms with Gasteiger partial charge in [-0.3, -0.25) is 9.69 Å². The summed E-state index contributed by atoms with van der Waals surface area (Å²) >= 11 is 1.17. The predicted octanol–water partition coefficient (Wildman–Crippen LogP) is 4.53. The van der Waals surface area contributed by atoms with E-state index in [4.69, 9.17) is 23.4 Å². The quantitative estimate of drug-likeness (QED) is 0.247. The number of aromatic hydroxyl groups is 1. The third-order valence-corrected chi connectivity index (χ3v) is 6.34. The van der Waals surface area contributed by atoms with Crippen molar-refractivity contribution >= 4 is 35.1 Å². The molecule has 1 fully saturated rings. The summed E-state index contributed by atoms with van der Waals surface area (Å²) in [7, 11) is 5.99. The highest BCUT2D eigenvalue weighted by Gasteiger charge is 2.34. The van der Waals surface area contributed by atoms with E-state index in [0.29, 0.717) is 32.9 Å². The van der Waals surface area contributed by atoms with Gasteiger partial charge in [-0.25, -0.2) is 0 Å². The number of methoxy groups -OCH3 is 4. The Balaban J connectivity index is 1.65. The molecule has 1 aliphatic rings. The number of carbonyl (C=O) groups excluding carboxylic acids is 1. The highest BCUT2D eigenvalue weighted by Crippen LogP contribution is 2.40. The number of rotatable bonds is 9. The van der Waals surface area contributed by atoms with E-state index in [0.717, 1.165) is 5.56 Å². The minimum absolute atomic E-state index is 0.122. The van der Waals surface area contributed by atoms with Crippen LogP contribution in [0.4, 0.5) is 0 Å². The second-order valence-corrected chi connectivity index (χ2v) is 8.61. The Bertz CT molecular complexity index is 1340. The summed E-state index contributed by atoms with van der Waals surface area (Å²) in [5.41, 5.74) is 1.35. The molecule has 192 valence electrons. The number of furan rings is 1. The first-order valence-electron chi connectivity index (χ1n) is 11.0. The van der Waals surface area contributed by atoms with E-state index < -0.39 is 0 Å². The number of nitrogens with zero attached hydrogens (tertiary/aromatic N) is 3. The van der Waals surface area contributed by atoms with Gasteiger partial charge in [0.15, 0.2) is 28.2 Å². The smallest absolute Gasteiger partial charge is 0.267 e. The molecule has 3 aromatic rings. The van der Waals surface area contributed by atoms with E-state index in [1.54, 1.807) is 69.2 Å². The second kappa shape index (κ2) is 11.6. The summed E-state index contributed by atoms with van der Waals surface area (Å²) in [6.45, 7) is 0.184. The van der Waals surface area contributed by atoms with Gasteiger partial charge in [0.2, 0.25) is 5.75 Å². The van der Waals surface area contributed by atoms with Crippen LogP contribution in [0.3, 0.4) is 0 Å². The molecule has 0 spiro atoms. The number of hydrogen-bond donors (Lipinski definition) is 1. The molecule has 0 radical (unpaired) electrons. The molecule has 0 saturated carbocycles. The van der Waals surface area contributed by atoms with Crippen molar-refractivity contribution < 1.29 is 33.3 Å². The number of amidine groups is 1. The predicted molar refractivity (Wildman–Crippen MR) is 141 cm³/mol. The standard InChI is InChI=1S/C26H25N3O7S/c1-32-19-8-7-16(10-20(19)33-2)14-27-28-26-29(15-18-6-5-9-36-18)25(31)23(37-26)13-17-11-21(34-3)24(30)22(12-17)35-4/h5-14,30H,15H2,1-4H3/b23-13-,27-14+,28-26-. The SMILES string of the molecule is COc1ccc(/C=N/N=C2\S/C(=C\c3cc(OC)c(O)c(OC)c3)C(=O)N2Cc2ccco2)cc1OC. The molecule has 37 heavy (non-hydrogen) atoms. The summed E-state index contributed by atoms with van der Waals surface area (Å²) in [6.07, 6.45) is 4.77. The minimum atomic E-state index is -0.271. The topological polar surface area (TPSA) is 115 Å². The first-order valence-corrected chi connectivity index (χ1v) is 11.8. The van der Waals surface area contributed by atoms with Crippen molar-refractivity contribution in [2.24, 2.45) is 10.2 Å². The molecule has 0 unspecified atom stereocenters. The number of phenolic OH excluding ortho intramolecular Hbond substituents is 1. The molecular weight excluding hydrogens is 498 g/mol. The van der Waals surface area contributed by atoms with Crippen LogP contribution in [0.2, 0.25) is 0 Å². The Morgan fingerprint density at radius 3 is 2.24 bits per heavy atom. The fourth-order valence-electron chi connectivity index (χ4n) is 3.51. The molecule has 0 aliphatic carbocycles. The summed E-state index contributed by atoms with van der Waals surface area (Å²) in [5, 5.41) is 19.1. The molecule has 0 bridgehead atoms. The highest BCUT2D eigenvalue weighted by molar-refractivity contribution is 8.18. The van der Waals surface area contributed by atoms with Gasteiger partial charge < -0.3 is 28.5 Å². The molecular formula is C26H25N3O7S. The number of carbonyl (C=O) groups is 1. The summed E-state index contributed by atoms with van der Waals surface area (Å²) in [6, 6.07) is 12.1. The summed E-state index contributed by atoms with van der Waals surface area (Å²) < 4.78 is 26.5. The fourth-order valence-corrected chi connectivity index (χ4v) is 4.44. The van der Waals surface area contributed by atoms with Gasteiger partial charge in [-0.05, 0) is 71.4 Å². The third-order valence-electron chi connectivity index (χ3n) is 5.34. The lowest BCUT2D eigenvalue weighted by Gasteiger charge is -2.12. The molecule has 0 atom stereocenters. The number of phenols is 1. The van der Waals surface area contributed by atoms with E-state index in [9.17, 15) is 9.90 Å². The first-order chi connectivity index (χ1) is 18.0. The zero-order valence-electron chi connectivity index (χ0n) is 20.6. The maximum Gasteiger partial charge on any atom is 0.267 e. The van der Waals surface area contributed by atoms with Crippen LogP contribution in [-0.4, -0.2) is 55.7 Å². The molecule has 2 aromatic carbocycles. The first kappa shape index (κ1) is 25.7. The van der Waals surface area contributed by atoms with Gasteiger partial charge in [0, 0.05) is 0 Å². The Labute approximate surface area is 217 Å². The average Bonchev–Trinajstić information content (AvgIpc) is 3.53. The van der Waals surface area contributed by atoms with Gasteiger partial charge >= 0.3 is 0 Å². The summed E-state index contributed by atoms with van der Waals surface area (Å²) in [4.78, 5) is 15.2. The van der Waals surface area contributed by atoms with Crippen LogP contribution in [0.1, 0.15) is 16.9 Å². The van der Waals surface area contributed by atoms with Crippen molar-refractivity contribution in [1.82, 2.24) is 4.90 Å². The Kier molecular flexibility index (Phi) is 8.04. The van der Waals surface area contributed by atoms with Crippen LogP contribution in [0.5, 0.6) is 28.7 Å². The van der Waals surface area contributed by atoms with Crippen molar-refractivity contribution in [2.45, 2.75) is 6.54 Å². The number of amides is 1. The zero-order valence-corrected chi connectivity index (χ0v) is 21.4. The summed E-state index contributed by atoms with van der Waals surface area (Å²) in [5.74, 6) is 1.82. The molecule has 10 nitrogen and oxygen atoms in total. The van der Waals surface area contributed by atoms with Crippen molar-refractivity contribution in [3.05, 3.63) is 70.5 Å². The van der Waals surface area contributed by atoms with E-state index in [-0.39, 0.29) is 29.7 Å². The zero-order chi connectivity index (χ0) is 26.4. The van der Waals surface area contributed by atoms with Crippen LogP contribution in [-0.2, 0) is 11.3 Å². The molecule has 1 saturated heterocycles. The van der Waals surface area contributed by atoms with Crippen LogP contribution in [0, 0.1) is 0 Å². The van der Waals surface area contributed by atoms with Crippen LogP contribution in [0.15, 0.2) is 68.3 Å². The largest absolute Gasteiger partial charge is 0.502 e. The number of ether oxygens (including phenoxy) is 4. The van der Waals surface area contributed by atoms with E-state index in [1.807, 2.05) is 6.07 Å². The lowest BCUT2D eigenvalue weighted by atomic mass is 10.1. The molecule has 1 amide bonds. The normalized spacial score (nSPS) is 15.7. The van der Waals surface area contributed by atoms with Crippen LogP contribution in [0.25, 0.3) is 6.08 Å². The third kappa shape index (κ3) is 5.72. The van der Waals surface area contributed by atoms with Crippen LogP contribution >= 0.6 is 11.8 Å². The Morgan fingerprint density at radius 1 is 0.946 bits per heavy atom. The van der Waals surface area contributed by atoms with Gasteiger partial charge in [-0.1, -0.05) is 0 Å². The van der Waals surface area contributed by atoms with Crippen molar-refractivity contribution in [3.63, 3.8) is 0 Å². The molecule has 2 heterocycles. The highest BCUT2D eigenvalue weighted by atomic mass is 32.2. The molecule has 1 N–H and O–H groups in total. The maximum absolute atomic E-state index is 13.3. The molecule has 1 aliphatic heterocycles. The van der Waals surface area contributed by atoms with E-state index in [1.165, 1.54) is 30.9 Å². The number of benzene rings is 2. The van der Waals surface area contributed by atoms with Gasteiger partial charge in [0.05, 0.1) is 52.4 Å². The van der Waals surface area contributed by atoms with Crippen molar-refractivity contribution in [3.8, 4) is 28.7 Å². The van der Waals surface area contributed by atoms with Gasteiger partial charge in [0.1, 0.15) is 5.76 Å². The van der Waals surface area contributed by atoms with Crippen molar-refractivity contribution in [2.75, 3.05) is 28.4 Å². The van der Waals surface area contributed by atoms with E-state index >= 15 is 0 Å². The maximum atomic E-state index is 13.3. The monoisotopic (exact) mass is 523 g/mol. The number of thioether (sulfide) groups is 1. The molecule has 11 heteroatoms. The minimum Gasteiger partial charge on any atom is -0.502 e. The molecule has 4 rings (SSSR count). The average molecular weight is 524 g/mol. The fraction of sp³-hybridized carbons (Fsp3) is 0.192. The Morgan fingerprint density at radius 2 is 1.62 bits per heavy atom. The second-order valence-electron chi connectivity index (χ2n) is 7.60. The van der Waals surface area contributed by atoms with Gasteiger partial charge in [-0.2, -0.15) is 5.10 Å². The van der Waals surface area contributed by atoms with Gasteiger partial charge in [-0.15, -0.1) is 5.10 Å². The lowest BCUT2D eigenvalue weighted by molar-refractivity contribution is -0.122. The van der Waals surface area contributed by atoms with Crippen molar-refractivity contribution in [1.29, 1.82) is 0 Å². The number of hydrogen-bond acceptors (Lipinski definition) is 10. The van der Waals surface area contributed by atoms with Crippen LogP contribution < -0.4 is 18.9 Å². The van der Waals surface area contributed by atoms with Gasteiger partial charge in [0.25, 0.3) is 5.91 Å².